The highest BCUT2D eigenvalue weighted by Gasteiger charge is 2.11. The van der Waals surface area contributed by atoms with Crippen molar-refractivity contribution >= 4 is 28.2 Å². The number of nitrogens with one attached hydrogen (secondary N) is 1. The van der Waals surface area contributed by atoms with Crippen LogP contribution in [0.2, 0.25) is 0 Å². The molecule has 1 aromatic heterocycles. The Kier molecular flexibility index (Phi) is 3.85. The Morgan fingerprint density at radius 1 is 1.17 bits per heavy atom. The van der Waals surface area contributed by atoms with Crippen molar-refractivity contribution in [1.29, 1.82) is 0 Å². The van der Waals surface area contributed by atoms with Gasteiger partial charge in [0.25, 0.3) is 0 Å². The summed E-state index contributed by atoms with van der Waals surface area (Å²) < 4.78 is 5.34. The number of hydrogen-bond acceptors (Lipinski definition) is 4. The minimum absolute atomic E-state index is 0.163. The van der Waals surface area contributed by atoms with Crippen molar-refractivity contribution in [3.63, 3.8) is 0 Å². The molecule has 23 heavy (non-hydrogen) atoms. The number of rotatable bonds is 3. The zero-order valence-corrected chi connectivity index (χ0v) is 13.0. The number of hydrogen-bond donors (Lipinski definition) is 2. The highest BCUT2D eigenvalue weighted by Crippen LogP contribution is 2.33. The minimum atomic E-state index is -0.163. The molecule has 0 fully saturated rings. The number of carbonyl (C=O) groups excluding carboxylic acids is 1. The number of anilines is 2. The Morgan fingerprint density at radius 2 is 1.91 bits per heavy atom. The monoisotopic (exact) mass is 307 g/mol. The quantitative estimate of drug-likeness (QED) is 0.777. The first-order chi connectivity index (χ1) is 11.1. The number of amides is 1. The molecule has 0 aliphatic rings. The van der Waals surface area contributed by atoms with E-state index in [-0.39, 0.29) is 5.91 Å². The van der Waals surface area contributed by atoms with Crippen LogP contribution in [-0.2, 0) is 4.79 Å². The molecule has 0 bridgehead atoms. The van der Waals surface area contributed by atoms with E-state index in [4.69, 9.17) is 10.5 Å². The third-order valence-corrected chi connectivity index (χ3v) is 3.52. The lowest BCUT2D eigenvalue weighted by molar-refractivity contribution is -0.114. The molecule has 2 aromatic carbocycles. The number of aromatic nitrogens is 1. The van der Waals surface area contributed by atoms with Crippen LogP contribution in [0.1, 0.15) is 6.92 Å². The van der Waals surface area contributed by atoms with Crippen molar-refractivity contribution in [2.45, 2.75) is 6.92 Å². The fourth-order valence-electron chi connectivity index (χ4n) is 2.50. The lowest BCUT2D eigenvalue weighted by Gasteiger charge is -2.12. The number of pyridine rings is 1. The maximum Gasteiger partial charge on any atom is 0.221 e. The summed E-state index contributed by atoms with van der Waals surface area (Å²) in [5, 5.41) is 3.59. The SMILES string of the molecule is COc1cc2nc(-c3ccccc3)c(N)cc2cc1NC(C)=O. The van der Waals surface area contributed by atoms with Crippen LogP contribution in [0.4, 0.5) is 11.4 Å². The normalized spacial score (nSPS) is 10.5. The van der Waals surface area contributed by atoms with E-state index in [2.05, 4.69) is 10.3 Å². The second kappa shape index (κ2) is 5.96. The van der Waals surface area contributed by atoms with Gasteiger partial charge >= 0.3 is 0 Å². The maximum atomic E-state index is 11.3. The average Bonchev–Trinajstić information content (AvgIpc) is 2.54. The van der Waals surface area contributed by atoms with Gasteiger partial charge in [-0.05, 0) is 12.1 Å². The van der Waals surface area contributed by atoms with Gasteiger partial charge in [0.1, 0.15) is 5.75 Å². The third kappa shape index (κ3) is 2.94. The first kappa shape index (κ1) is 14.8. The van der Waals surface area contributed by atoms with Gasteiger partial charge in [-0.15, -0.1) is 0 Å². The molecular formula is C18H17N3O2. The Morgan fingerprint density at radius 3 is 2.57 bits per heavy atom. The van der Waals surface area contributed by atoms with Crippen LogP contribution in [0.3, 0.4) is 0 Å². The van der Waals surface area contributed by atoms with Crippen molar-refractivity contribution < 1.29 is 9.53 Å². The summed E-state index contributed by atoms with van der Waals surface area (Å²) in [6, 6.07) is 15.2. The van der Waals surface area contributed by atoms with Gasteiger partial charge in [0.15, 0.2) is 0 Å². The molecule has 0 radical (unpaired) electrons. The van der Waals surface area contributed by atoms with Crippen molar-refractivity contribution in [1.82, 2.24) is 4.98 Å². The smallest absolute Gasteiger partial charge is 0.221 e. The Balaban J connectivity index is 2.18. The van der Waals surface area contributed by atoms with Crippen LogP contribution in [0.25, 0.3) is 22.2 Å². The van der Waals surface area contributed by atoms with Crippen LogP contribution in [-0.4, -0.2) is 18.0 Å². The van der Waals surface area contributed by atoms with Crippen LogP contribution in [0, 0.1) is 0 Å². The molecule has 3 aromatic rings. The molecular weight excluding hydrogens is 290 g/mol. The summed E-state index contributed by atoms with van der Waals surface area (Å²) in [4.78, 5) is 16.0. The number of nitrogens with two attached hydrogens (primary N) is 1. The van der Waals surface area contributed by atoms with E-state index in [1.54, 1.807) is 13.2 Å². The van der Waals surface area contributed by atoms with Gasteiger partial charge in [-0.1, -0.05) is 30.3 Å². The van der Waals surface area contributed by atoms with Gasteiger partial charge in [0, 0.05) is 23.9 Å². The fraction of sp³-hybridized carbons (Fsp3) is 0.111. The largest absolute Gasteiger partial charge is 0.494 e. The second-order valence-electron chi connectivity index (χ2n) is 5.22. The van der Waals surface area contributed by atoms with E-state index in [1.807, 2.05) is 42.5 Å². The molecule has 5 nitrogen and oxygen atoms in total. The topological polar surface area (TPSA) is 77.2 Å². The highest BCUT2D eigenvalue weighted by atomic mass is 16.5. The molecule has 3 N–H and O–H groups in total. The van der Waals surface area contributed by atoms with Crippen molar-refractivity contribution in [2.75, 3.05) is 18.2 Å². The third-order valence-electron chi connectivity index (χ3n) is 3.52. The van der Waals surface area contributed by atoms with Crippen molar-refractivity contribution in [3.8, 4) is 17.0 Å². The minimum Gasteiger partial charge on any atom is -0.494 e. The number of benzene rings is 2. The average molecular weight is 307 g/mol. The van der Waals surface area contributed by atoms with Crippen molar-refractivity contribution in [3.05, 3.63) is 48.5 Å². The second-order valence-corrected chi connectivity index (χ2v) is 5.22. The van der Waals surface area contributed by atoms with E-state index < -0.39 is 0 Å². The summed E-state index contributed by atoms with van der Waals surface area (Å²) in [6.45, 7) is 1.45. The Hall–Kier alpha value is -3.08. The molecule has 0 spiro atoms. The molecule has 0 aliphatic carbocycles. The van der Waals surface area contributed by atoms with Gasteiger partial charge in [-0.25, -0.2) is 4.98 Å². The number of ether oxygens (including phenoxy) is 1. The molecule has 0 saturated carbocycles. The molecule has 3 rings (SSSR count). The van der Waals surface area contributed by atoms with E-state index in [0.29, 0.717) is 17.1 Å². The number of nitrogen functional groups attached to an aromatic ring is 1. The summed E-state index contributed by atoms with van der Waals surface area (Å²) >= 11 is 0. The van der Waals surface area contributed by atoms with Gasteiger partial charge in [0.2, 0.25) is 5.91 Å². The summed E-state index contributed by atoms with van der Waals surface area (Å²) in [5.41, 5.74) is 9.78. The molecule has 1 heterocycles. The standard InChI is InChI=1S/C18H17N3O2/c1-11(22)20-16-9-13-8-14(19)18(12-6-4-3-5-7-12)21-15(13)10-17(16)23-2/h3-10H,19H2,1-2H3,(H,20,22). The van der Waals surface area contributed by atoms with E-state index in [1.165, 1.54) is 6.92 Å². The number of carbonyl (C=O) groups is 1. The Bertz CT molecular complexity index is 876. The highest BCUT2D eigenvalue weighted by molar-refractivity contribution is 5.97. The lowest BCUT2D eigenvalue weighted by Crippen LogP contribution is -2.07. The zero-order chi connectivity index (χ0) is 16.4. The van der Waals surface area contributed by atoms with Crippen LogP contribution in [0.5, 0.6) is 5.75 Å². The molecule has 0 saturated heterocycles. The van der Waals surface area contributed by atoms with E-state index in [9.17, 15) is 4.79 Å². The lowest BCUT2D eigenvalue weighted by atomic mass is 10.1. The number of methoxy groups -OCH3 is 1. The molecule has 1 amide bonds. The van der Waals surface area contributed by atoms with Crippen LogP contribution < -0.4 is 15.8 Å². The number of fused-ring (bicyclic) bond motifs is 1. The molecule has 0 unspecified atom stereocenters. The van der Waals surface area contributed by atoms with Gasteiger partial charge in [-0.3, -0.25) is 4.79 Å². The summed E-state index contributed by atoms with van der Waals surface area (Å²) in [6.07, 6.45) is 0. The van der Waals surface area contributed by atoms with Gasteiger partial charge in [-0.2, -0.15) is 0 Å². The van der Waals surface area contributed by atoms with E-state index in [0.717, 1.165) is 22.2 Å². The van der Waals surface area contributed by atoms with Crippen LogP contribution in [0.15, 0.2) is 48.5 Å². The summed E-state index contributed by atoms with van der Waals surface area (Å²) in [7, 11) is 1.56. The zero-order valence-electron chi connectivity index (χ0n) is 13.0. The fourth-order valence-corrected chi connectivity index (χ4v) is 2.50. The van der Waals surface area contributed by atoms with Gasteiger partial charge < -0.3 is 15.8 Å². The summed E-state index contributed by atoms with van der Waals surface area (Å²) in [5.74, 6) is 0.397. The predicted molar refractivity (Wildman–Crippen MR) is 92.4 cm³/mol. The molecule has 5 heteroatoms. The van der Waals surface area contributed by atoms with Crippen LogP contribution >= 0.6 is 0 Å². The molecule has 116 valence electrons. The molecule has 0 aliphatic heterocycles. The van der Waals surface area contributed by atoms with E-state index >= 15 is 0 Å². The van der Waals surface area contributed by atoms with Crippen molar-refractivity contribution in [2.24, 2.45) is 0 Å². The molecule has 0 atom stereocenters. The predicted octanol–water partition coefficient (Wildman–Crippen LogP) is 3.45. The van der Waals surface area contributed by atoms with Gasteiger partial charge in [0.05, 0.1) is 29.7 Å². The first-order valence-corrected chi connectivity index (χ1v) is 7.20. The maximum absolute atomic E-state index is 11.3. The Labute approximate surface area is 134 Å². The first-order valence-electron chi connectivity index (χ1n) is 7.20. The number of nitrogens with zero attached hydrogens (tertiary/aromatic N) is 1.